The number of carbonyl (C=O) groups is 1. The van der Waals surface area contributed by atoms with Gasteiger partial charge in [-0.3, -0.25) is 9.69 Å². The summed E-state index contributed by atoms with van der Waals surface area (Å²) in [4.78, 5) is 15.4. The minimum atomic E-state index is -3.45. The SMILES string of the molecule is C[C@@H](NCc1ccccc1CN1CCCC1)C(=O)Nc1ccc(S(=O)(=O)N2CCCC2)cc1. The predicted molar refractivity (Wildman–Crippen MR) is 130 cm³/mol. The normalized spacial score (nSPS) is 18.5. The number of carbonyl (C=O) groups excluding carboxylic acids is 1. The van der Waals surface area contributed by atoms with E-state index >= 15 is 0 Å². The number of likely N-dealkylation sites (tertiary alicyclic amines) is 1. The smallest absolute Gasteiger partial charge is 0.243 e. The maximum Gasteiger partial charge on any atom is 0.243 e. The summed E-state index contributed by atoms with van der Waals surface area (Å²) in [5.74, 6) is -0.151. The number of amides is 1. The molecule has 2 aliphatic heterocycles. The zero-order valence-electron chi connectivity index (χ0n) is 19.3. The fraction of sp³-hybridized carbons (Fsp3) is 0.480. The van der Waals surface area contributed by atoms with Crippen molar-refractivity contribution in [2.24, 2.45) is 0 Å². The third-order valence-corrected chi connectivity index (χ3v) is 8.44. The van der Waals surface area contributed by atoms with E-state index in [1.165, 1.54) is 28.3 Å². The highest BCUT2D eigenvalue weighted by molar-refractivity contribution is 7.89. The number of hydrogen-bond donors (Lipinski definition) is 2. The third kappa shape index (κ3) is 6.00. The molecule has 2 N–H and O–H groups in total. The van der Waals surface area contributed by atoms with Crippen LogP contribution >= 0.6 is 0 Å². The molecule has 0 saturated carbocycles. The van der Waals surface area contributed by atoms with Gasteiger partial charge in [-0.15, -0.1) is 0 Å². The summed E-state index contributed by atoms with van der Waals surface area (Å²) in [6.45, 7) is 6.86. The summed E-state index contributed by atoms with van der Waals surface area (Å²) in [6, 6.07) is 14.4. The molecule has 0 aromatic heterocycles. The first kappa shape index (κ1) is 23.9. The Bertz CT molecular complexity index is 1040. The van der Waals surface area contributed by atoms with Gasteiger partial charge in [0, 0.05) is 31.9 Å². The van der Waals surface area contributed by atoms with E-state index in [-0.39, 0.29) is 10.8 Å². The molecule has 2 heterocycles. The van der Waals surface area contributed by atoms with Gasteiger partial charge in [-0.05, 0) is 81.1 Å². The fourth-order valence-electron chi connectivity index (χ4n) is 4.46. The summed E-state index contributed by atoms with van der Waals surface area (Å²) in [5.41, 5.74) is 3.10. The highest BCUT2D eigenvalue weighted by atomic mass is 32.2. The molecule has 4 rings (SSSR count). The van der Waals surface area contributed by atoms with Crippen molar-refractivity contribution in [1.29, 1.82) is 0 Å². The summed E-state index contributed by atoms with van der Waals surface area (Å²) in [7, 11) is -3.45. The Labute approximate surface area is 197 Å². The van der Waals surface area contributed by atoms with Crippen molar-refractivity contribution in [2.75, 3.05) is 31.5 Å². The van der Waals surface area contributed by atoms with Crippen molar-refractivity contribution < 1.29 is 13.2 Å². The molecule has 7 nitrogen and oxygen atoms in total. The van der Waals surface area contributed by atoms with Crippen LogP contribution in [0, 0.1) is 0 Å². The van der Waals surface area contributed by atoms with Crippen molar-refractivity contribution >= 4 is 21.6 Å². The van der Waals surface area contributed by atoms with Crippen molar-refractivity contribution in [3.8, 4) is 0 Å². The second-order valence-corrected chi connectivity index (χ2v) is 10.9. The Balaban J connectivity index is 1.31. The molecular weight excluding hydrogens is 436 g/mol. The van der Waals surface area contributed by atoms with Gasteiger partial charge < -0.3 is 10.6 Å². The van der Waals surface area contributed by atoms with E-state index < -0.39 is 16.1 Å². The Morgan fingerprint density at radius 3 is 2.18 bits per heavy atom. The molecule has 2 aromatic rings. The Kier molecular flexibility index (Phi) is 7.80. The first-order valence-corrected chi connectivity index (χ1v) is 13.3. The molecule has 1 atom stereocenters. The number of hydrogen-bond acceptors (Lipinski definition) is 5. The van der Waals surface area contributed by atoms with Crippen LogP contribution in [-0.2, 0) is 27.9 Å². The lowest BCUT2D eigenvalue weighted by Crippen LogP contribution is -2.38. The molecule has 0 bridgehead atoms. The van der Waals surface area contributed by atoms with Crippen LogP contribution in [0.4, 0.5) is 5.69 Å². The highest BCUT2D eigenvalue weighted by Crippen LogP contribution is 2.22. The first-order chi connectivity index (χ1) is 15.9. The average Bonchev–Trinajstić information content (AvgIpc) is 3.53. The standard InChI is InChI=1S/C25H34N4O3S/c1-20(26-18-21-8-2-3-9-22(21)19-28-14-4-5-15-28)25(30)27-23-10-12-24(13-11-23)33(31,32)29-16-6-7-17-29/h2-3,8-13,20,26H,4-7,14-19H2,1H3,(H,27,30)/t20-/m1/s1. The molecule has 0 spiro atoms. The quantitative estimate of drug-likeness (QED) is 0.588. The lowest BCUT2D eigenvalue weighted by atomic mass is 10.1. The van der Waals surface area contributed by atoms with E-state index in [1.807, 2.05) is 13.0 Å². The minimum Gasteiger partial charge on any atom is -0.325 e. The molecule has 178 valence electrons. The third-order valence-electron chi connectivity index (χ3n) is 6.53. The number of rotatable bonds is 9. The predicted octanol–water partition coefficient (Wildman–Crippen LogP) is 3.18. The van der Waals surface area contributed by atoms with Crippen molar-refractivity contribution in [2.45, 2.75) is 56.6 Å². The van der Waals surface area contributed by atoms with Crippen LogP contribution in [0.25, 0.3) is 0 Å². The topological polar surface area (TPSA) is 81.8 Å². The fourth-order valence-corrected chi connectivity index (χ4v) is 5.98. The van der Waals surface area contributed by atoms with Gasteiger partial charge in [-0.25, -0.2) is 8.42 Å². The van der Waals surface area contributed by atoms with Gasteiger partial charge in [0.1, 0.15) is 0 Å². The lowest BCUT2D eigenvalue weighted by molar-refractivity contribution is -0.117. The van der Waals surface area contributed by atoms with Gasteiger partial charge in [0.05, 0.1) is 10.9 Å². The van der Waals surface area contributed by atoms with E-state index in [0.29, 0.717) is 25.3 Å². The van der Waals surface area contributed by atoms with E-state index in [1.54, 1.807) is 24.3 Å². The molecule has 1 amide bonds. The molecule has 8 heteroatoms. The van der Waals surface area contributed by atoms with Gasteiger partial charge in [-0.2, -0.15) is 4.31 Å². The maximum atomic E-state index is 12.7. The summed E-state index contributed by atoms with van der Waals surface area (Å²) in [5, 5.41) is 6.21. The van der Waals surface area contributed by atoms with Crippen molar-refractivity contribution in [3.63, 3.8) is 0 Å². The molecular formula is C25H34N4O3S. The van der Waals surface area contributed by atoms with Crippen molar-refractivity contribution in [3.05, 3.63) is 59.7 Å². The second kappa shape index (κ2) is 10.8. The lowest BCUT2D eigenvalue weighted by Gasteiger charge is -2.19. The van der Waals surface area contributed by atoms with Gasteiger partial charge in [0.2, 0.25) is 15.9 Å². The monoisotopic (exact) mass is 470 g/mol. The van der Waals surface area contributed by atoms with Crippen LogP contribution < -0.4 is 10.6 Å². The number of nitrogens with one attached hydrogen (secondary N) is 2. The molecule has 33 heavy (non-hydrogen) atoms. The second-order valence-electron chi connectivity index (χ2n) is 8.98. The highest BCUT2D eigenvalue weighted by Gasteiger charge is 2.27. The Hall–Kier alpha value is -2.26. The zero-order chi connectivity index (χ0) is 23.3. The number of benzene rings is 2. The number of anilines is 1. The van der Waals surface area contributed by atoms with Gasteiger partial charge in [0.25, 0.3) is 0 Å². The molecule has 2 aliphatic rings. The van der Waals surface area contributed by atoms with Crippen LogP contribution in [0.15, 0.2) is 53.4 Å². The van der Waals surface area contributed by atoms with Crippen LogP contribution in [0.3, 0.4) is 0 Å². The number of nitrogens with zero attached hydrogens (tertiary/aromatic N) is 2. The minimum absolute atomic E-state index is 0.151. The van der Waals surface area contributed by atoms with Crippen LogP contribution in [0.2, 0.25) is 0 Å². The summed E-state index contributed by atoms with van der Waals surface area (Å²) >= 11 is 0. The van der Waals surface area contributed by atoms with Gasteiger partial charge >= 0.3 is 0 Å². The molecule has 0 aliphatic carbocycles. The van der Waals surface area contributed by atoms with Crippen LogP contribution in [-0.4, -0.2) is 55.8 Å². The largest absolute Gasteiger partial charge is 0.325 e. The Morgan fingerprint density at radius 2 is 1.52 bits per heavy atom. The maximum absolute atomic E-state index is 12.7. The Morgan fingerprint density at radius 1 is 0.909 bits per heavy atom. The van der Waals surface area contributed by atoms with Crippen LogP contribution in [0.1, 0.15) is 43.7 Å². The van der Waals surface area contributed by atoms with E-state index in [9.17, 15) is 13.2 Å². The molecule has 2 saturated heterocycles. The molecule has 2 aromatic carbocycles. The number of sulfonamides is 1. The van der Waals surface area contributed by atoms with Gasteiger partial charge in [-0.1, -0.05) is 24.3 Å². The van der Waals surface area contributed by atoms with Gasteiger partial charge in [0.15, 0.2) is 0 Å². The van der Waals surface area contributed by atoms with E-state index in [4.69, 9.17) is 0 Å². The van der Waals surface area contributed by atoms with Crippen LogP contribution in [0.5, 0.6) is 0 Å². The summed E-state index contributed by atoms with van der Waals surface area (Å²) < 4.78 is 26.8. The molecule has 0 unspecified atom stereocenters. The zero-order valence-corrected chi connectivity index (χ0v) is 20.1. The van der Waals surface area contributed by atoms with E-state index in [0.717, 1.165) is 32.5 Å². The molecule has 2 fully saturated rings. The van der Waals surface area contributed by atoms with E-state index in [2.05, 4.69) is 33.7 Å². The first-order valence-electron chi connectivity index (χ1n) is 11.9. The summed E-state index contributed by atoms with van der Waals surface area (Å²) in [6.07, 6.45) is 4.34. The average molecular weight is 471 g/mol. The van der Waals surface area contributed by atoms with Crippen molar-refractivity contribution in [1.82, 2.24) is 14.5 Å². The molecule has 0 radical (unpaired) electrons.